The highest BCUT2D eigenvalue weighted by atomic mass is 16.6. The molecule has 0 bridgehead atoms. The normalized spacial score (nSPS) is 15.3. The van der Waals surface area contributed by atoms with Gasteiger partial charge in [0.05, 0.1) is 13.2 Å². The molecule has 0 fully saturated rings. The van der Waals surface area contributed by atoms with Crippen LogP contribution in [-0.2, 0) is 19.0 Å². The summed E-state index contributed by atoms with van der Waals surface area (Å²) in [4.78, 5) is 11.0. The van der Waals surface area contributed by atoms with E-state index in [-0.39, 0.29) is 12.1 Å². The largest absolute Gasteiger partial charge is 0.467 e. The van der Waals surface area contributed by atoms with Gasteiger partial charge in [0.2, 0.25) is 0 Å². The minimum Gasteiger partial charge on any atom is -0.467 e. The predicted molar refractivity (Wildman–Crippen MR) is 43.9 cm³/mol. The monoisotopic (exact) mass is 176 g/mol. The maximum absolute atomic E-state index is 11.0. The second-order valence-corrected chi connectivity index (χ2v) is 2.53. The smallest absolute Gasteiger partial charge is 0.335 e. The van der Waals surface area contributed by atoms with Crippen LogP contribution in [0.15, 0.2) is 0 Å². The molecule has 0 radical (unpaired) electrons. The lowest BCUT2D eigenvalue weighted by Gasteiger charge is -2.16. The molecule has 0 aromatic heterocycles. The van der Waals surface area contributed by atoms with Crippen molar-refractivity contribution in [1.82, 2.24) is 0 Å². The molecule has 2 atom stereocenters. The Labute approximate surface area is 72.8 Å². The van der Waals surface area contributed by atoms with Gasteiger partial charge in [0.25, 0.3) is 0 Å². The third-order valence-corrected chi connectivity index (χ3v) is 1.70. The lowest BCUT2D eigenvalue weighted by atomic mass is 10.2. The van der Waals surface area contributed by atoms with Crippen molar-refractivity contribution in [2.75, 3.05) is 21.3 Å². The first-order valence-corrected chi connectivity index (χ1v) is 3.79. The molecule has 12 heavy (non-hydrogen) atoms. The quantitative estimate of drug-likeness (QED) is 0.575. The Kier molecular flexibility index (Phi) is 5.66. The Balaban J connectivity index is 3.90. The number of methoxy groups -OCH3 is 3. The SMILES string of the molecule is COC(=O)C(CC(C)OC)OC. The van der Waals surface area contributed by atoms with Gasteiger partial charge in [-0.15, -0.1) is 0 Å². The summed E-state index contributed by atoms with van der Waals surface area (Å²) in [7, 11) is 4.41. The third-order valence-electron chi connectivity index (χ3n) is 1.70. The summed E-state index contributed by atoms with van der Waals surface area (Å²) in [5.41, 5.74) is 0. The summed E-state index contributed by atoms with van der Waals surface area (Å²) in [6.07, 6.45) is -0.0151. The first-order valence-electron chi connectivity index (χ1n) is 3.79. The minimum absolute atomic E-state index is 0.00551. The fraction of sp³-hybridized carbons (Fsp3) is 0.875. The van der Waals surface area contributed by atoms with Gasteiger partial charge < -0.3 is 14.2 Å². The third kappa shape index (κ3) is 3.69. The van der Waals surface area contributed by atoms with Gasteiger partial charge in [0.15, 0.2) is 6.10 Å². The van der Waals surface area contributed by atoms with Crippen molar-refractivity contribution >= 4 is 5.97 Å². The minimum atomic E-state index is -0.523. The van der Waals surface area contributed by atoms with Gasteiger partial charge in [0, 0.05) is 20.6 Å². The van der Waals surface area contributed by atoms with Gasteiger partial charge in [-0.3, -0.25) is 0 Å². The maximum atomic E-state index is 11.0. The molecule has 0 saturated heterocycles. The number of carbonyl (C=O) groups is 1. The summed E-state index contributed by atoms with van der Waals surface area (Å²) < 4.78 is 14.4. The van der Waals surface area contributed by atoms with Crippen LogP contribution in [0.5, 0.6) is 0 Å². The zero-order valence-electron chi connectivity index (χ0n) is 7.99. The highest BCUT2D eigenvalue weighted by molar-refractivity contribution is 5.74. The molecule has 4 heteroatoms. The van der Waals surface area contributed by atoms with E-state index in [0.717, 1.165) is 0 Å². The zero-order valence-corrected chi connectivity index (χ0v) is 7.99. The zero-order chi connectivity index (χ0) is 9.56. The van der Waals surface area contributed by atoms with Crippen LogP contribution in [-0.4, -0.2) is 39.5 Å². The van der Waals surface area contributed by atoms with Crippen molar-refractivity contribution in [3.63, 3.8) is 0 Å². The van der Waals surface area contributed by atoms with Crippen molar-refractivity contribution < 1.29 is 19.0 Å². The molecule has 0 aromatic rings. The van der Waals surface area contributed by atoms with Crippen LogP contribution in [0.25, 0.3) is 0 Å². The fourth-order valence-corrected chi connectivity index (χ4v) is 0.818. The number of hydrogen-bond donors (Lipinski definition) is 0. The second kappa shape index (κ2) is 5.97. The Bertz CT molecular complexity index is 135. The lowest BCUT2D eigenvalue weighted by molar-refractivity contribution is -0.154. The van der Waals surface area contributed by atoms with E-state index in [1.54, 1.807) is 7.11 Å². The molecule has 0 rings (SSSR count). The number of rotatable bonds is 5. The van der Waals surface area contributed by atoms with Gasteiger partial charge in [-0.1, -0.05) is 0 Å². The molecular weight excluding hydrogens is 160 g/mol. The number of carbonyl (C=O) groups excluding carboxylic acids is 1. The number of ether oxygens (including phenoxy) is 3. The van der Waals surface area contributed by atoms with E-state index in [0.29, 0.717) is 6.42 Å². The molecule has 2 unspecified atom stereocenters. The molecule has 0 N–H and O–H groups in total. The van der Waals surface area contributed by atoms with Crippen LogP contribution in [0.2, 0.25) is 0 Å². The first-order chi connectivity index (χ1) is 5.65. The summed E-state index contributed by atoms with van der Waals surface area (Å²) >= 11 is 0. The highest BCUT2D eigenvalue weighted by Gasteiger charge is 2.20. The van der Waals surface area contributed by atoms with Gasteiger partial charge in [-0.2, -0.15) is 0 Å². The summed E-state index contributed by atoms with van der Waals surface area (Å²) in [5.74, 6) is -0.360. The average molecular weight is 176 g/mol. The van der Waals surface area contributed by atoms with Gasteiger partial charge >= 0.3 is 5.97 Å². The van der Waals surface area contributed by atoms with Crippen molar-refractivity contribution in [2.24, 2.45) is 0 Å². The van der Waals surface area contributed by atoms with Gasteiger partial charge in [-0.25, -0.2) is 4.79 Å². The van der Waals surface area contributed by atoms with Crippen LogP contribution < -0.4 is 0 Å². The topological polar surface area (TPSA) is 44.8 Å². The number of esters is 1. The summed E-state index contributed by atoms with van der Waals surface area (Å²) in [5, 5.41) is 0. The van der Waals surface area contributed by atoms with Crippen LogP contribution in [0.4, 0.5) is 0 Å². The predicted octanol–water partition coefficient (Wildman–Crippen LogP) is 0.599. The fourth-order valence-electron chi connectivity index (χ4n) is 0.818. The second-order valence-electron chi connectivity index (χ2n) is 2.53. The summed E-state index contributed by atoms with van der Waals surface area (Å²) in [6.45, 7) is 1.87. The molecule has 0 heterocycles. The highest BCUT2D eigenvalue weighted by Crippen LogP contribution is 2.05. The van der Waals surface area contributed by atoms with Gasteiger partial charge in [0.1, 0.15) is 0 Å². The van der Waals surface area contributed by atoms with E-state index in [1.165, 1.54) is 14.2 Å². The lowest BCUT2D eigenvalue weighted by Crippen LogP contribution is -2.28. The molecule has 0 aliphatic carbocycles. The van der Waals surface area contributed by atoms with Crippen LogP contribution in [0.3, 0.4) is 0 Å². The van der Waals surface area contributed by atoms with Crippen molar-refractivity contribution in [3.8, 4) is 0 Å². The molecule has 0 aliphatic heterocycles. The van der Waals surface area contributed by atoms with Crippen LogP contribution in [0, 0.1) is 0 Å². The van der Waals surface area contributed by atoms with E-state index in [1.807, 2.05) is 6.92 Å². The van der Waals surface area contributed by atoms with E-state index in [4.69, 9.17) is 9.47 Å². The van der Waals surface area contributed by atoms with E-state index >= 15 is 0 Å². The van der Waals surface area contributed by atoms with Crippen molar-refractivity contribution in [1.29, 1.82) is 0 Å². The Hall–Kier alpha value is -0.610. The molecule has 0 aliphatic rings. The summed E-state index contributed by atoms with van der Waals surface area (Å²) in [6, 6.07) is 0. The Morgan fingerprint density at radius 3 is 2.17 bits per heavy atom. The Morgan fingerprint density at radius 2 is 1.83 bits per heavy atom. The van der Waals surface area contributed by atoms with Crippen LogP contribution in [0.1, 0.15) is 13.3 Å². The molecular formula is C8H16O4. The number of hydrogen-bond acceptors (Lipinski definition) is 4. The van der Waals surface area contributed by atoms with Gasteiger partial charge in [-0.05, 0) is 6.92 Å². The molecule has 72 valence electrons. The van der Waals surface area contributed by atoms with Crippen molar-refractivity contribution in [3.05, 3.63) is 0 Å². The van der Waals surface area contributed by atoms with Crippen molar-refractivity contribution in [2.45, 2.75) is 25.6 Å². The molecule has 0 amide bonds. The molecule has 0 spiro atoms. The molecule has 0 aromatic carbocycles. The molecule has 0 saturated carbocycles. The van der Waals surface area contributed by atoms with E-state index in [2.05, 4.69) is 4.74 Å². The van der Waals surface area contributed by atoms with E-state index < -0.39 is 6.10 Å². The van der Waals surface area contributed by atoms with Crippen LogP contribution >= 0.6 is 0 Å². The average Bonchev–Trinajstić information content (AvgIpc) is 2.12. The maximum Gasteiger partial charge on any atom is 0.335 e. The first kappa shape index (κ1) is 11.4. The van der Waals surface area contributed by atoms with E-state index in [9.17, 15) is 4.79 Å². The Morgan fingerprint density at radius 1 is 1.25 bits per heavy atom. The molecule has 4 nitrogen and oxygen atoms in total. The standard InChI is InChI=1S/C8H16O4/c1-6(10-2)5-7(11-3)8(9)12-4/h6-7H,5H2,1-4H3.